The molecule has 156 valence electrons. The Morgan fingerprint density at radius 2 is 1.79 bits per heavy atom. The number of rotatable bonds is 7. The van der Waals surface area contributed by atoms with Gasteiger partial charge in [0.25, 0.3) is 0 Å². The lowest BCUT2D eigenvalue weighted by Crippen LogP contribution is -2.47. The summed E-state index contributed by atoms with van der Waals surface area (Å²) in [5.41, 5.74) is 0.993. The van der Waals surface area contributed by atoms with Crippen LogP contribution < -0.4 is 15.4 Å². The molecule has 1 atom stereocenters. The summed E-state index contributed by atoms with van der Waals surface area (Å²) in [6.07, 6.45) is 0. The number of carbonyl (C=O) groups is 2. The normalized spacial score (nSPS) is 12.4. The Balaban J connectivity index is 2.22. The SMILES string of the molecule is COc1ccc(NC(=O)[C@H](c2ccccc2)N(C)CC(=O)NC(C)(C)C)cc1Cl. The third-order valence-electron chi connectivity index (χ3n) is 4.13. The highest BCUT2D eigenvalue weighted by molar-refractivity contribution is 6.32. The molecular formula is C22H28ClN3O3. The predicted octanol–water partition coefficient (Wildman–Crippen LogP) is 3.87. The third-order valence-corrected chi connectivity index (χ3v) is 4.43. The zero-order valence-corrected chi connectivity index (χ0v) is 18.2. The number of halogens is 1. The number of likely N-dealkylation sites (N-methyl/N-ethyl adjacent to an activating group) is 1. The van der Waals surface area contributed by atoms with Crippen molar-refractivity contribution in [1.29, 1.82) is 0 Å². The maximum atomic E-state index is 13.1. The van der Waals surface area contributed by atoms with Crippen molar-refractivity contribution in [3.8, 4) is 5.75 Å². The summed E-state index contributed by atoms with van der Waals surface area (Å²) in [7, 11) is 3.28. The van der Waals surface area contributed by atoms with E-state index in [4.69, 9.17) is 16.3 Å². The Morgan fingerprint density at radius 3 is 2.34 bits per heavy atom. The number of hydrogen-bond donors (Lipinski definition) is 2. The van der Waals surface area contributed by atoms with Gasteiger partial charge in [-0.15, -0.1) is 0 Å². The number of anilines is 1. The first-order valence-corrected chi connectivity index (χ1v) is 9.69. The Kier molecular flexibility index (Phi) is 7.65. The molecule has 0 heterocycles. The molecule has 6 nitrogen and oxygen atoms in total. The van der Waals surface area contributed by atoms with Gasteiger partial charge in [-0.3, -0.25) is 14.5 Å². The highest BCUT2D eigenvalue weighted by Crippen LogP contribution is 2.28. The van der Waals surface area contributed by atoms with Crippen LogP contribution in [0.1, 0.15) is 32.4 Å². The monoisotopic (exact) mass is 417 g/mol. The van der Waals surface area contributed by atoms with Gasteiger partial charge in [-0.2, -0.15) is 0 Å². The second-order valence-corrected chi connectivity index (χ2v) is 8.27. The van der Waals surface area contributed by atoms with E-state index in [1.54, 1.807) is 30.1 Å². The zero-order valence-electron chi connectivity index (χ0n) is 17.5. The number of nitrogens with one attached hydrogen (secondary N) is 2. The lowest BCUT2D eigenvalue weighted by molar-refractivity contribution is -0.126. The molecule has 2 amide bonds. The smallest absolute Gasteiger partial charge is 0.246 e. The minimum Gasteiger partial charge on any atom is -0.495 e. The van der Waals surface area contributed by atoms with E-state index < -0.39 is 6.04 Å². The van der Waals surface area contributed by atoms with Gasteiger partial charge in [-0.25, -0.2) is 0 Å². The van der Waals surface area contributed by atoms with Crippen molar-refractivity contribution in [3.05, 3.63) is 59.1 Å². The van der Waals surface area contributed by atoms with Gasteiger partial charge in [0, 0.05) is 11.2 Å². The fourth-order valence-corrected chi connectivity index (χ4v) is 3.23. The molecule has 0 aliphatic carbocycles. The van der Waals surface area contributed by atoms with Gasteiger partial charge in [0.15, 0.2) is 0 Å². The van der Waals surface area contributed by atoms with E-state index in [-0.39, 0.29) is 23.9 Å². The third kappa shape index (κ3) is 6.76. The highest BCUT2D eigenvalue weighted by atomic mass is 35.5. The molecule has 2 rings (SSSR count). The predicted molar refractivity (Wildman–Crippen MR) is 116 cm³/mol. The van der Waals surface area contributed by atoms with Crippen molar-refractivity contribution < 1.29 is 14.3 Å². The number of ether oxygens (including phenoxy) is 1. The van der Waals surface area contributed by atoms with Crippen molar-refractivity contribution in [2.24, 2.45) is 0 Å². The van der Waals surface area contributed by atoms with Crippen molar-refractivity contribution >= 4 is 29.1 Å². The van der Waals surface area contributed by atoms with Crippen LogP contribution >= 0.6 is 11.6 Å². The molecule has 0 aliphatic heterocycles. The zero-order chi connectivity index (χ0) is 21.6. The second kappa shape index (κ2) is 9.76. The Hall–Kier alpha value is -2.57. The van der Waals surface area contributed by atoms with Crippen LogP contribution in [-0.2, 0) is 9.59 Å². The van der Waals surface area contributed by atoms with Crippen molar-refractivity contribution in [2.75, 3.05) is 26.0 Å². The van der Waals surface area contributed by atoms with Gasteiger partial charge >= 0.3 is 0 Å². The minimum absolute atomic E-state index is 0.0770. The van der Waals surface area contributed by atoms with Gasteiger partial charge in [0.1, 0.15) is 11.8 Å². The largest absolute Gasteiger partial charge is 0.495 e. The van der Waals surface area contributed by atoms with Crippen molar-refractivity contribution in [2.45, 2.75) is 32.4 Å². The molecular weight excluding hydrogens is 390 g/mol. The van der Waals surface area contributed by atoms with Crippen LogP contribution in [0, 0.1) is 0 Å². The van der Waals surface area contributed by atoms with E-state index >= 15 is 0 Å². The molecule has 0 fully saturated rings. The minimum atomic E-state index is -0.650. The van der Waals surface area contributed by atoms with Crippen LogP contribution in [-0.4, -0.2) is 43.0 Å². The number of nitrogens with zero attached hydrogens (tertiary/aromatic N) is 1. The van der Waals surface area contributed by atoms with Gasteiger partial charge in [0.05, 0.1) is 18.7 Å². The maximum Gasteiger partial charge on any atom is 0.246 e. The number of carbonyl (C=O) groups excluding carboxylic acids is 2. The summed E-state index contributed by atoms with van der Waals surface area (Å²) < 4.78 is 5.15. The van der Waals surface area contributed by atoms with Crippen LogP contribution in [0.25, 0.3) is 0 Å². The summed E-state index contributed by atoms with van der Waals surface area (Å²) in [4.78, 5) is 27.2. The van der Waals surface area contributed by atoms with Crippen LogP contribution in [0.5, 0.6) is 5.75 Å². The second-order valence-electron chi connectivity index (χ2n) is 7.87. The average Bonchev–Trinajstić information content (AvgIpc) is 2.61. The summed E-state index contributed by atoms with van der Waals surface area (Å²) in [6.45, 7) is 5.83. The summed E-state index contributed by atoms with van der Waals surface area (Å²) in [6, 6.07) is 13.7. The molecule has 2 N–H and O–H groups in total. The Labute approximate surface area is 177 Å². The molecule has 0 aromatic heterocycles. The number of methoxy groups -OCH3 is 1. The van der Waals surface area contributed by atoms with Gasteiger partial charge in [-0.1, -0.05) is 41.9 Å². The van der Waals surface area contributed by atoms with E-state index in [0.717, 1.165) is 5.56 Å². The summed E-state index contributed by atoms with van der Waals surface area (Å²) in [5, 5.41) is 6.21. The number of benzene rings is 2. The molecule has 29 heavy (non-hydrogen) atoms. The van der Waals surface area contributed by atoms with Crippen molar-refractivity contribution in [1.82, 2.24) is 10.2 Å². The molecule has 0 bridgehead atoms. The molecule has 2 aromatic rings. The van der Waals surface area contributed by atoms with E-state index in [1.165, 1.54) is 7.11 Å². The fraction of sp³-hybridized carbons (Fsp3) is 0.364. The van der Waals surface area contributed by atoms with E-state index in [0.29, 0.717) is 16.5 Å². The number of hydrogen-bond acceptors (Lipinski definition) is 4. The molecule has 0 unspecified atom stereocenters. The van der Waals surface area contributed by atoms with E-state index in [1.807, 2.05) is 51.1 Å². The quantitative estimate of drug-likeness (QED) is 0.717. The standard InChI is InChI=1S/C22H28ClN3O3/c1-22(2,3)25-19(27)14-26(4)20(15-9-7-6-8-10-15)21(28)24-16-11-12-18(29-5)17(23)13-16/h6-13,20H,14H2,1-5H3,(H,24,28)(H,25,27)/t20-/m0/s1. The first-order chi connectivity index (χ1) is 13.6. The first-order valence-electron chi connectivity index (χ1n) is 9.31. The Morgan fingerprint density at radius 1 is 1.14 bits per heavy atom. The molecule has 2 aromatic carbocycles. The van der Waals surface area contributed by atoms with Crippen LogP contribution in [0.2, 0.25) is 5.02 Å². The maximum absolute atomic E-state index is 13.1. The average molecular weight is 418 g/mol. The fourth-order valence-electron chi connectivity index (χ4n) is 2.97. The summed E-state index contributed by atoms with van der Waals surface area (Å²) in [5.74, 6) is 0.116. The molecule has 0 aliphatic rings. The molecule has 0 spiro atoms. The molecule has 0 saturated carbocycles. The van der Waals surface area contributed by atoms with E-state index in [2.05, 4.69) is 10.6 Å². The van der Waals surface area contributed by atoms with Crippen LogP contribution in [0.4, 0.5) is 5.69 Å². The highest BCUT2D eigenvalue weighted by Gasteiger charge is 2.27. The van der Waals surface area contributed by atoms with Crippen LogP contribution in [0.3, 0.4) is 0 Å². The molecule has 7 heteroatoms. The lowest BCUT2D eigenvalue weighted by Gasteiger charge is -2.29. The lowest BCUT2D eigenvalue weighted by atomic mass is 10.0. The Bertz CT molecular complexity index is 850. The number of amides is 2. The first kappa shape index (κ1) is 22.7. The van der Waals surface area contributed by atoms with E-state index in [9.17, 15) is 9.59 Å². The molecule has 0 radical (unpaired) electrons. The van der Waals surface area contributed by atoms with Crippen LogP contribution in [0.15, 0.2) is 48.5 Å². The van der Waals surface area contributed by atoms with Crippen molar-refractivity contribution in [3.63, 3.8) is 0 Å². The van der Waals surface area contributed by atoms with Gasteiger partial charge in [-0.05, 0) is 51.6 Å². The topological polar surface area (TPSA) is 70.7 Å². The summed E-state index contributed by atoms with van der Waals surface area (Å²) >= 11 is 6.16. The van der Waals surface area contributed by atoms with Gasteiger partial charge in [0.2, 0.25) is 11.8 Å². The van der Waals surface area contributed by atoms with Gasteiger partial charge < -0.3 is 15.4 Å². The molecule has 0 saturated heterocycles.